The number of pyridine rings is 1. The molecule has 2 rings (SSSR count). The SMILES string of the molecule is Cc1ccc([C@H](C)NCc2ccncc2Cl)cc1. The molecular formula is C15H17ClN2. The number of halogens is 1. The normalized spacial score (nSPS) is 12.4. The summed E-state index contributed by atoms with van der Waals surface area (Å²) in [7, 11) is 0. The van der Waals surface area contributed by atoms with Gasteiger partial charge in [0, 0.05) is 25.0 Å². The van der Waals surface area contributed by atoms with E-state index in [0.29, 0.717) is 11.1 Å². The van der Waals surface area contributed by atoms with Crippen LogP contribution in [0, 0.1) is 6.92 Å². The lowest BCUT2D eigenvalue weighted by atomic mass is 10.1. The van der Waals surface area contributed by atoms with Crippen molar-refractivity contribution in [2.45, 2.75) is 26.4 Å². The zero-order valence-corrected chi connectivity index (χ0v) is 11.4. The number of aryl methyl sites for hydroxylation is 1. The second-order valence-electron chi connectivity index (χ2n) is 4.48. The minimum atomic E-state index is 0.301. The van der Waals surface area contributed by atoms with Crippen molar-refractivity contribution in [2.75, 3.05) is 0 Å². The molecule has 0 bridgehead atoms. The Morgan fingerprint density at radius 2 is 1.94 bits per heavy atom. The van der Waals surface area contributed by atoms with Gasteiger partial charge in [-0.25, -0.2) is 0 Å². The van der Waals surface area contributed by atoms with Crippen LogP contribution in [-0.2, 0) is 6.54 Å². The number of aromatic nitrogens is 1. The molecule has 94 valence electrons. The maximum Gasteiger partial charge on any atom is 0.0634 e. The molecule has 0 aliphatic carbocycles. The predicted octanol–water partition coefficient (Wildman–Crippen LogP) is 3.89. The maximum absolute atomic E-state index is 6.07. The van der Waals surface area contributed by atoms with Crippen LogP contribution in [0.15, 0.2) is 42.7 Å². The number of nitrogens with zero attached hydrogens (tertiary/aromatic N) is 1. The quantitative estimate of drug-likeness (QED) is 0.902. The molecule has 1 N–H and O–H groups in total. The first-order valence-corrected chi connectivity index (χ1v) is 6.43. The number of nitrogens with one attached hydrogen (secondary N) is 1. The van der Waals surface area contributed by atoms with Crippen molar-refractivity contribution in [3.63, 3.8) is 0 Å². The lowest BCUT2D eigenvalue weighted by Gasteiger charge is -2.15. The van der Waals surface area contributed by atoms with E-state index in [1.807, 2.05) is 6.07 Å². The van der Waals surface area contributed by atoms with Crippen LogP contribution in [-0.4, -0.2) is 4.98 Å². The fraction of sp³-hybridized carbons (Fsp3) is 0.267. The number of hydrogen-bond acceptors (Lipinski definition) is 2. The largest absolute Gasteiger partial charge is 0.306 e. The Labute approximate surface area is 113 Å². The molecular weight excluding hydrogens is 244 g/mol. The molecule has 0 amide bonds. The third-order valence-electron chi connectivity index (χ3n) is 3.03. The van der Waals surface area contributed by atoms with Crippen LogP contribution in [0.3, 0.4) is 0 Å². The summed E-state index contributed by atoms with van der Waals surface area (Å²) in [5.74, 6) is 0. The van der Waals surface area contributed by atoms with E-state index in [4.69, 9.17) is 11.6 Å². The summed E-state index contributed by atoms with van der Waals surface area (Å²) in [6, 6.07) is 10.8. The Kier molecular flexibility index (Phi) is 4.34. The number of benzene rings is 1. The first-order valence-electron chi connectivity index (χ1n) is 6.05. The average molecular weight is 261 g/mol. The van der Waals surface area contributed by atoms with Crippen LogP contribution in [0.4, 0.5) is 0 Å². The molecule has 0 unspecified atom stereocenters. The van der Waals surface area contributed by atoms with Crippen molar-refractivity contribution in [1.29, 1.82) is 0 Å². The maximum atomic E-state index is 6.07. The highest BCUT2D eigenvalue weighted by Crippen LogP contribution is 2.17. The predicted molar refractivity (Wildman–Crippen MR) is 75.7 cm³/mol. The van der Waals surface area contributed by atoms with E-state index in [1.54, 1.807) is 12.4 Å². The molecule has 1 heterocycles. The van der Waals surface area contributed by atoms with E-state index in [9.17, 15) is 0 Å². The summed E-state index contributed by atoms with van der Waals surface area (Å²) < 4.78 is 0. The molecule has 0 saturated carbocycles. The second kappa shape index (κ2) is 5.98. The fourth-order valence-electron chi connectivity index (χ4n) is 1.78. The Balaban J connectivity index is 1.98. The van der Waals surface area contributed by atoms with E-state index < -0.39 is 0 Å². The Morgan fingerprint density at radius 1 is 1.22 bits per heavy atom. The van der Waals surface area contributed by atoms with Crippen molar-refractivity contribution in [1.82, 2.24) is 10.3 Å². The molecule has 0 radical (unpaired) electrons. The fourth-order valence-corrected chi connectivity index (χ4v) is 1.97. The zero-order chi connectivity index (χ0) is 13.0. The van der Waals surface area contributed by atoms with E-state index in [2.05, 4.69) is 48.4 Å². The third kappa shape index (κ3) is 3.31. The van der Waals surface area contributed by atoms with Crippen LogP contribution >= 0.6 is 11.6 Å². The number of hydrogen-bond donors (Lipinski definition) is 1. The molecule has 0 spiro atoms. The van der Waals surface area contributed by atoms with Crippen molar-refractivity contribution >= 4 is 11.6 Å². The lowest BCUT2D eigenvalue weighted by molar-refractivity contribution is 0.574. The van der Waals surface area contributed by atoms with Gasteiger partial charge in [-0.1, -0.05) is 41.4 Å². The van der Waals surface area contributed by atoms with E-state index in [1.165, 1.54) is 11.1 Å². The van der Waals surface area contributed by atoms with Gasteiger partial charge in [-0.2, -0.15) is 0 Å². The van der Waals surface area contributed by atoms with E-state index >= 15 is 0 Å². The summed E-state index contributed by atoms with van der Waals surface area (Å²) in [6.45, 7) is 4.99. The molecule has 2 nitrogen and oxygen atoms in total. The highest BCUT2D eigenvalue weighted by Gasteiger charge is 2.06. The summed E-state index contributed by atoms with van der Waals surface area (Å²) in [5.41, 5.74) is 3.64. The molecule has 18 heavy (non-hydrogen) atoms. The lowest BCUT2D eigenvalue weighted by Crippen LogP contribution is -2.18. The van der Waals surface area contributed by atoms with Gasteiger partial charge in [0.05, 0.1) is 5.02 Å². The first-order chi connectivity index (χ1) is 8.66. The van der Waals surface area contributed by atoms with Gasteiger partial charge in [-0.3, -0.25) is 4.98 Å². The van der Waals surface area contributed by atoms with Gasteiger partial charge in [-0.05, 0) is 31.0 Å². The molecule has 0 fully saturated rings. The minimum Gasteiger partial charge on any atom is -0.306 e. The third-order valence-corrected chi connectivity index (χ3v) is 3.37. The number of rotatable bonds is 4. The van der Waals surface area contributed by atoms with Gasteiger partial charge in [0.25, 0.3) is 0 Å². The van der Waals surface area contributed by atoms with E-state index in [-0.39, 0.29) is 0 Å². The molecule has 1 atom stereocenters. The monoisotopic (exact) mass is 260 g/mol. The highest BCUT2D eigenvalue weighted by molar-refractivity contribution is 6.31. The van der Waals surface area contributed by atoms with Crippen LogP contribution in [0.2, 0.25) is 5.02 Å². The van der Waals surface area contributed by atoms with Gasteiger partial charge in [-0.15, -0.1) is 0 Å². The summed E-state index contributed by atoms with van der Waals surface area (Å²) in [6.07, 6.45) is 3.44. The van der Waals surface area contributed by atoms with Crippen molar-refractivity contribution in [3.05, 3.63) is 64.4 Å². The van der Waals surface area contributed by atoms with Gasteiger partial charge >= 0.3 is 0 Å². The smallest absolute Gasteiger partial charge is 0.0634 e. The molecule has 0 aliphatic heterocycles. The van der Waals surface area contributed by atoms with Crippen molar-refractivity contribution < 1.29 is 0 Å². The van der Waals surface area contributed by atoms with Gasteiger partial charge in [0.1, 0.15) is 0 Å². The van der Waals surface area contributed by atoms with E-state index in [0.717, 1.165) is 12.1 Å². The van der Waals surface area contributed by atoms with Gasteiger partial charge in [0.15, 0.2) is 0 Å². The molecule has 1 aromatic carbocycles. The Hall–Kier alpha value is -1.38. The molecule has 0 aliphatic rings. The zero-order valence-electron chi connectivity index (χ0n) is 10.7. The van der Waals surface area contributed by atoms with Crippen LogP contribution in [0.25, 0.3) is 0 Å². The topological polar surface area (TPSA) is 24.9 Å². The molecule has 0 saturated heterocycles. The van der Waals surface area contributed by atoms with Gasteiger partial charge in [0.2, 0.25) is 0 Å². The average Bonchev–Trinajstić information content (AvgIpc) is 2.38. The molecule has 1 aromatic heterocycles. The van der Waals surface area contributed by atoms with Crippen molar-refractivity contribution in [2.24, 2.45) is 0 Å². The van der Waals surface area contributed by atoms with Crippen LogP contribution in [0.5, 0.6) is 0 Å². The summed E-state index contributed by atoms with van der Waals surface area (Å²) in [4.78, 5) is 3.98. The summed E-state index contributed by atoms with van der Waals surface area (Å²) in [5, 5.41) is 4.17. The molecule has 2 aromatic rings. The van der Waals surface area contributed by atoms with Crippen LogP contribution in [0.1, 0.15) is 29.7 Å². The molecule has 3 heteroatoms. The Bertz CT molecular complexity index is 508. The minimum absolute atomic E-state index is 0.301. The summed E-state index contributed by atoms with van der Waals surface area (Å²) >= 11 is 6.07. The standard InChI is InChI=1S/C15H17ClN2/c1-11-3-5-13(6-4-11)12(2)18-9-14-7-8-17-10-15(14)16/h3-8,10,12,18H,9H2,1-2H3/t12-/m0/s1. The second-order valence-corrected chi connectivity index (χ2v) is 4.89. The van der Waals surface area contributed by atoms with Crippen LogP contribution < -0.4 is 5.32 Å². The highest BCUT2D eigenvalue weighted by atomic mass is 35.5. The van der Waals surface area contributed by atoms with Gasteiger partial charge < -0.3 is 5.32 Å². The van der Waals surface area contributed by atoms with Crippen molar-refractivity contribution in [3.8, 4) is 0 Å². The first kappa shape index (κ1) is 13.1. The Morgan fingerprint density at radius 3 is 2.61 bits per heavy atom.